The van der Waals surface area contributed by atoms with Crippen LogP contribution in [0, 0.1) is 0 Å². The van der Waals surface area contributed by atoms with Gasteiger partial charge in [0, 0.05) is 64.2 Å². The monoisotopic (exact) mass is 442 g/mol. The molecule has 0 saturated heterocycles. The SMILES string of the molecule is CN(C)c1ccc(CC(=O)NCCSCCNC(=O)Cc2ccc(N(C)C)cc2)cc1. The summed E-state index contributed by atoms with van der Waals surface area (Å²) in [5.41, 5.74) is 4.26. The van der Waals surface area contributed by atoms with E-state index in [1.807, 2.05) is 86.5 Å². The maximum atomic E-state index is 12.1. The van der Waals surface area contributed by atoms with Crippen LogP contribution in [-0.4, -0.2) is 64.6 Å². The van der Waals surface area contributed by atoms with Gasteiger partial charge in [0.25, 0.3) is 0 Å². The summed E-state index contributed by atoms with van der Waals surface area (Å²) in [6.07, 6.45) is 0.786. The quantitative estimate of drug-likeness (QED) is 0.495. The van der Waals surface area contributed by atoms with Crippen molar-refractivity contribution in [3.8, 4) is 0 Å². The van der Waals surface area contributed by atoms with Crippen LogP contribution in [0.2, 0.25) is 0 Å². The van der Waals surface area contributed by atoms with Gasteiger partial charge in [-0.05, 0) is 35.4 Å². The fourth-order valence-electron chi connectivity index (χ4n) is 2.95. The number of rotatable bonds is 12. The lowest BCUT2D eigenvalue weighted by Gasteiger charge is -2.12. The van der Waals surface area contributed by atoms with Crippen LogP contribution >= 0.6 is 11.8 Å². The number of hydrogen-bond donors (Lipinski definition) is 2. The number of hydrogen-bond acceptors (Lipinski definition) is 5. The number of benzene rings is 2. The van der Waals surface area contributed by atoms with E-state index in [0.29, 0.717) is 25.9 Å². The molecular weight excluding hydrogens is 408 g/mol. The first-order chi connectivity index (χ1) is 14.8. The topological polar surface area (TPSA) is 64.7 Å². The fraction of sp³-hybridized carbons (Fsp3) is 0.417. The molecule has 7 heteroatoms. The van der Waals surface area contributed by atoms with Crippen LogP contribution in [0.4, 0.5) is 11.4 Å². The van der Waals surface area contributed by atoms with E-state index in [-0.39, 0.29) is 11.8 Å². The minimum Gasteiger partial charge on any atom is -0.378 e. The predicted molar refractivity (Wildman–Crippen MR) is 132 cm³/mol. The number of nitrogens with zero attached hydrogens (tertiary/aromatic N) is 2. The van der Waals surface area contributed by atoms with Crippen LogP contribution in [0.1, 0.15) is 11.1 Å². The third-order valence-corrected chi connectivity index (χ3v) is 5.76. The van der Waals surface area contributed by atoms with Crippen molar-refractivity contribution in [2.24, 2.45) is 0 Å². The molecule has 0 heterocycles. The molecule has 0 radical (unpaired) electrons. The van der Waals surface area contributed by atoms with Crippen LogP contribution in [0.15, 0.2) is 48.5 Å². The second-order valence-corrected chi connectivity index (χ2v) is 9.01. The molecule has 0 aliphatic carbocycles. The summed E-state index contributed by atoms with van der Waals surface area (Å²) in [5.74, 6) is 1.72. The van der Waals surface area contributed by atoms with Gasteiger partial charge in [0.1, 0.15) is 0 Å². The smallest absolute Gasteiger partial charge is 0.224 e. The largest absolute Gasteiger partial charge is 0.378 e. The average molecular weight is 443 g/mol. The Balaban J connectivity index is 1.52. The van der Waals surface area contributed by atoms with Gasteiger partial charge in [0.2, 0.25) is 11.8 Å². The first-order valence-electron chi connectivity index (χ1n) is 10.5. The summed E-state index contributed by atoms with van der Waals surface area (Å²) in [4.78, 5) is 28.2. The summed E-state index contributed by atoms with van der Waals surface area (Å²) in [6.45, 7) is 1.26. The Morgan fingerprint density at radius 3 is 1.35 bits per heavy atom. The van der Waals surface area contributed by atoms with Gasteiger partial charge in [0.05, 0.1) is 12.8 Å². The van der Waals surface area contributed by atoms with Crippen LogP contribution in [0.3, 0.4) is 0 Å². The van der Waals surface area contributed by atoms with E-state index in [0.717, 1.165) is 34.0 Å². The highest BCUT2D eigenvalue weighted by molar-refractivity contribution is 7.99. The first-order valence-corrected chi connectivity index (χ1v) is 11.6. The third kappa shape index (κ3) is 9.34. The molecule has 2 amide bonds. The zero-order chi connectivity index (χ0) is 22.6. The molecule has 0 saturated carbocycles. The molecule has 2 aromatic rings. The van der Waals surface area contributed by atoms with Crippen LogP contribution in [0.25, 0.3) is 0 Å². The van der Waals surface area contributed by atoms with Crippen molar-refractivity contribution in [1.29, 1.82) is 0 Å². The van der Waals surface area contributed by atoms with E-state index in [9.17, 15) is 9.59 Å². The number of anilines is 2. The lowest BCUT2D eigenvalue weighted by Crippen LogP contribution is -2.29. The minimum absolute atomic E-state index is 0.0341. The molecule has 2 rings (SSSR count). The van der Waals surface area contributed by atoms with Crippen LogP contribution in [0.5, 0.6) is 0 Å². The van der Waals surface area contributed by atoms with E-state index in [4.69, 9.17) is 0 Å². The van der Waals surface area contributed by atoms with Crippen LogP contribution in [-0.2, 0) is 22.4 Å². The Kier molecular flexibility index (Phi) is 10.2. The molecule has 2 N–H and O–H groups in total. The van der Waals surface area contributed by atoms with Gasteiger partial charge in [-0.3, -0.25) is 9.59 Å². The van der Waals surface area contributed by atoms with Gasteiger partial charge in [-0.25, -0.2) is 0 Å². The highest BCUT2D eigenvalue weighted by Crippen LogP contribution is 2.13. The Labute approximate surface area is 190 Å². The maximum Gasteiger partial charge on any atom is 0.224 e. The zero-order valence-electron chi connectivity index (χ0n) is 19.0. The van der Waals surface area contributed by atoms with Crippen molar-refractivity contribution in [3.63, 3.8) is 0 Å². The Morgan fingerprint density at radius 2 is 1.03 bits per heavy atom. The van der Waals surface area contributed by atoms with E-state index in [2.05, 4.69) is 10.6 Å². The van der Waals surface area contributed by atoms with Gasteiger partial charge in [-0.1, -0.05) is 24.3 Å². The number of carbonyl (C=O) groups is 2. The molecule has 168 valence electrons. The Morgan fingerprint density at radius 1 is 0.677 bits per heavy atom. The summed E-state index contributed by atoms with van der Waals surface area (Å²) < 4.78 is 0. The lowest BCUT2D eigenvalue weighted by molar-refractivity contribution is -0.121. The molecule has 0 aliphatic rings. The molecule has 2 aromatic carbocycles. The van der Waals surface area contributed by atoms with Gasteiger partial charge in [-0.15, -0.1) is 0 Å². The first kappa shape index (κ1) is 24.6. The second kappa shape index (κ2) is 12.9. The Bertz CT molecular complexity index is 751. The van der Waals surface area contributed by atoms with Crippen molar-refractivity contribution in [3.05, 3.63) is 59.7 Å². The number of amides is 2. The molecular formula is C24H34N4O2S. The normalized spacial score (nSPS) is 10.5. The lowest BCUT2D eigenvalue weighted by atomic mass is 10.1. The van der Waals surface area contributed by atoms with Crippen molar-refractivity contribution in [1.82, 2.24) is 10.6 Å². The summed E-state index contributed by atoms with van der Waals surface area (Å²) in [6, 6.07) is 16.0. The molecule has 6 nitrogen and oxygen atoms in total. The standard InChI is InChI=1S/C24H34N4O2S/c1-27(2)21-9-5-19(6-10-21)17-23(29)25-13-15-31-16-14-26-24(30)18-20-7-11-22(12-8-20)28(3)4/h5-12H,13-18H2,1-4H3,(H,25,29)(H,26,30). The molecule has 0 fully saturated rings. The van der Waals surface area contributed by atoms with Gasteiger partial charge >= 0.3 is 0 Å². The molecule has 0 unspecified atom stereocenters. The van der Waals surface area contributed by atoms with E-state index in [1.54, 1.807) is 11.8 Å². The molecule has 31 heavy (non-hydrogen) atoms. The summed E-state index contributed by atoms with van der Waals surface area (Å²) in [5, 5.41) is 5.90. The number of thioether (sulfide) groups is 1. The predicted octanol–water partition coefficient (Wildman–Crippen LogP) is 2.57. The van der Waals surface area contributed by atoms with Gasteiger partial charge < -0.3 is 20.4 Å². The van der Waals surface area contributed by atoms with Crippen LogP contribution < -0.4 is 20.4 Å². The third-order valence-electron chi connectivity index (χ3n) is 4.77. The van der Waals surface area contributed by atoms with Crippen molar-refractivity contribution < 1.29 is 9.59 Å². The minimum atomic E-state index is 0.0341. The number of nitrogens with one attached hydrogen (secondary N) is 2. The van der Waals surface area contributed by atoms with Gasteiger partial charge in [0.15, 0.2) is 0 Å². The zero-order valence-corrected chi connectivity index (χ0v) is 19.8. The number of carbonyl (C=O) groups excluding carboxylic acids is 2. The van der Waals surface area contributed by atoms with Crippen molar-refractivity contribution >= 4 is 35.0 Å². The molecule has 0 spiro atoms. The summed E-state index contributed by atoms with van der Waals surface area (Å²) in [7, 11) is 7.98. The van der Waals surface area contributed by atoms with E-state index in [1.165, 1.54) is 0 Å². The molecule has 0 bridgehead atoms. The van der Waals surface area contributed by atoms with Gasteiger partial charge in [-0.2, -0.15) is 11.8 Å². The fourth-order valence-corrected chi connectivity index (χ4v) is 3.64. The molecule has 0 aromatic heterocycles. The summed E-state index contributed by atoms with van der Waals surface area (Å²) >= 11 is 1.72. The highest BCUT2D eigenvalue weighted by Gasteiger charge is 2.05. The molecule has 0 atom stereocenters. The Hall–Kier alpha value is -2.67. The maximum absolute atomic E-state index is 12.1. The van der Waals surface area contributed by atoms with E-state index >= 15 is 0 Å². The van der Waals surface area contributed by atoms with Crippen molar-refractivity contribution in [2.45, 2.75) is 12.8 Å². The van der Waals surface area contributed by atoms with Crippen molar-refractivity contribution in [2.75, 3.05) is 62.6 Å². The highest BCUT2D eigenvalue weighted by atomic mass is 32.2. The second-order valence-electron chi connectivity index (χ2n) is 7.79. The molecule has 0 aliphatic heterocycles. The van der Waals surface area contributed by atoms with E-state index < -0.39 is 0 Å². The average Bonchev–Trinajstić information content (AvgIpc) is 2.73.